The van der Waals surface area contributed by atoms with Crippen molar-refractivity contribution < 1.29 is 38.2 Å². The number of allylic oxidation sites excluding steroid dienone is 1. The number of carbonyl (C=O) groups is 5. The van der Waals surface area contributed by atoms with Crippen LogP contribution >= 0.6 is 46.2 Å². The normalized spacial score (nSPS) is 18.1. The largest absolute Gasteiger partial charge is 0.444 e. The fourth-order valence-corrected chi connectivity index (χ4v) is 8.27. The molecule has 0 unspecified atom stereocenters. The summed E-state index contributed by atoms with van der Waals surface area (Å²) in [5, 5.41) is 15.6. The Morgan fingerprint density at radius 1 is 1.12 bits per heavy atom. The molecule has 3 amide bonds. The summed E-state index contributed by atoms with van der Waals surface area (Å²) in [4.78, 5) is 70.6. The first-order valence-corrected chi connectivity index (χ1v) is 18.6. The SMILES string of the molecule is CC/C=C(\C(=O)N[C@@H]1C(=O)N2C(C(=O)OCOC(=O)C(C)(C)C)=C(CSc3nnc(C)s3)CS[C@H]12)c1csc(NC(=O)OC(C)(C)C)n1. The molecule has 0 aliphatic carbocycles. The number of carbonyl (C=O) groups excluding carboxylic acids is 5. The van der Waals surface area contributed by atoms with E-state index in [9.17, 15) is 24.0 Å². The highest BCUT2D eigenvalue weighted by atomic mass is 32.2. The molecule has 4 heterocycles. The van der Waals surface area contributed by atoms with E-state index in [4.69, 9.17) is 14.2 Å². The Morgan fingerprint density at radius 2 is 1.85 bits per heavy atom. The minimum absolute atomic E-state index is 0.0523. The van der Waals surface area contributed by atoms with E-state index in [1.807, 2.05) is 13.8 Å². The van der Waals surface area contributed by atoms with Crippen molar-refractivity contribution in [1.82, 2.24) is 25.4 Å². The number of esters is 2. The third-order valence-electron chi connectivity index (χ3n) is 6.44. The lowest BCUT2D eigenvalue weighted by molar-refractivity contribution is -0.173. The Balaban J connectivity index is 1.48. The first kappa shape index (κ1) is 37.3. The first-order chi connectivity index (χ1) is 22.5. The number of rotatable bonds is 11. The molecule has 0 bridgehead atoms. The van der Waals surface area contributed by atoms with Gasteiger partial charge in [-0.15, -0.1) is 33.3 Å². The average Bonchev–Trinajstić information content (AvgIpc) is 3.63. The summed E-state index contributed by atoms with van der Waals surface area (Å²) in [5.74, 6) is -1.66. The van der Waals surface area contributed by atoms with Crippen LogP contribution in [0.4, 0.5) is 9.93 Å². The lowest BCUT2D eigenvalue weighted by Crippen LogP contribution is -2.70. The minimum atomic E-state index is -0.928. The molecule has 0 aromatic carbocycles. The van der Waals surface area contributed by atoms with Gasteiger partial charge in [-0.1, -0.05) is 36.1 Å². The first-order valence-electron chi connectivity index (χ1n) is 14.9. The molecular weight excluding hydrogens is 701 g/mol. The van der Waals surface area contributed by atoms with E-state index in [0.717, 1.165) is 16.3 Å². The van der Waals surface area contributed by atoms with Crippen LogP contribution in [0.5, 0.6) is 0 Å². The van der Waals surface area contributed by atoms with Gasteiger partial charge in [-0.05, 0) is 60.5 Å². The van der Waals surface area contributed by atoms with Gasteiger partial charge in [-0.2, -0.15) is 0 Å². The average molecular weight is 739 g/mol. The van der Waals surface area contributed by atoms with Crippen LogP contribution < -0.4 is 10.6 Å². The second kappa shape index (κ2) is 15.4. The van der Waals surface area contributed by atoms with Gasteiger partial charge in [0.2, 0.25) is 6.79 Å². The Hall–Kier alpha value is -3.48. The second-order valence-corrected chi connectivity index (χ2v) is 17.0. The third kappa shape index (κ3) is 9.35. The summed E-state index contributed by atoms with van der Waals surface area (Å²) in [7, 11) is 0. The number of hydrogen-bond acceptors (Lipinski definition) is 15. The molecule has 2 aliphatic heterocycles. The molecular formula is C30H38N6O8S4. The number of ether oxygens (including phenoxy) is 3. The van der Waals surface area contributed by atoms with Crippen LogP contribution in [0.15, 0.2) is 27.1 Å². The number of nitrogens with zero attached hydrogens (tertiary/aromatic N) is 4. The fourth-order valence-electron chi connectivity index (χ4n) is 4.27. The minimum Gasteiger partial charge on any atom is -0.444 e. The van der Waals surface area contributed by atoms with Gasteiger partial charge in [0.1, 0.15) is 27.7 Å². The molecule has 0 radical (unpaired) electrons. The lowest BCUT2D eigenvalue weighted by Gasteiger charge is -2.49. The number of fused-ring (bicyclic) bond motifs is 1. The maximum atomic E-state index is 13.6. The predicted octanol–water partition coefficient (Wildman–Crippen LogP) is 4.98. The molecule has 2 N–H and O–H groups in total. The highest BCUT2D eigenvalue weighted by molar-refractivity contribution is 8.01. The summed E-state index contributed by atoms with van der Waals surface area (Å²) >= 11 is 5.33. The maximum Gasteiger partial charge on any atom is 0.413 e. The highest BCUT2D eigenvalue weighted by Gasteiger charge is 2.54. The number of aryl methyl sites for hydroxylation is 1. The van der Waals surface area contributed by atoms with Crippen molar-refractivity contribution in [3.8, 4) is 0 Å². The number of aromatic nitrogens is 3. The van der Waals surface area contributed by atoms with Crippen LogP contribution in [0.2, 0.25) is 0 Å². The van der Waals surface area contributed by atoms with Crippen LogP contribution in [0, 0.1) is 12.3 Å². The molecule has 48 heavy (non-hydrogen) atoms. The van der Waals surface area contributed by atoms with Gasteiger partial charge >= 0.3 is 18.0 Å². The number of anilines is 1. The molecule has 2 atom stereocenters. The van der Waals surface area contributed by atoms with Gasteiger partial charge in [0.05, 0.1) is 16.7 Å². The van der Waals surface area contributed by atoms with Crippen LogP contribution in [0.25, 0.3) is 5.57 Å². The van der Waals surface area contributed by atoms with Crippen LogP contribution in [0.3, 0.4) is 0 Å². The number of hydrogen-bond donors (Lipinski definition) is 2. The predicted molar refractivity (Wildman–Crippen MR) is 184 cm³/mol. The van der Waals surface area contributed by atoms with E-state index in [2.05, 4.69) is 25.8 Å². The standard InChI is InChI=1S/C30H38N6O8S4/c1-9-10-17(18-13-46-26(31-18)33-27(41)44-30(6,7)8)21(37)32-19-22(38)36-20(24(39)42-14-43-25(40)29(3,4)5)16(11-45-23(19)36)12-47-28-35-34-15(2)48-28/h10,13,19,23H,9,11-12,14H2,1-8H3,(H,32,37)(H,31,33,41)/b17-10-/t19-,23-/m1/s1. The molecule has 1 fully saturated rings. The van der Waals surface area contributed by atoms with Gasteiger partial charge in [0, 0.05) is 16.9 Å². The van der Waals surface area contributed by atoms with E-state index >= 15 is 0 Å². The van der Waals surface area contributed by atoms with Crippen molar-refractivity contribution in [2.24, 2.45) is 5.41 Å². The van der Waals surface area contributed by atoms with Crippen molar-refractivity contribution in [3.05, 3.63) is 33.4 Å². The Kier molecular flexibility index (Phi) is 12.0. The topological polar surface area (TPSA) is 179 Å². The molecule has 1 saturated heterocycles. The Bertz CT molecular complexity index is 1640. The number of β-lactam (4-membered cyclic amide) rings is 1. The van der Waals surface area contributed by atoms with Crippen molar-refractivity contribution in [2.45, 2.75) is 83.2 Å². The monoisotopic (exact) mass is 738 g/mol. The van der Waals surface area contributed by atoms with Crippen LogP contribution in [0.1, 0.15) is 65.6 Å². The quantitative estimate of drug-likeness (QED) is 0.104. The van der Waals surface area contributed by atoms with Gasteiger partial charge < -0.3 is 19.5 Å². The van der Waals surface area contributed by atoms with Gasteiger partial charge in [-0.3, -0.25) is 24.6 Å². The van der Waals surface area contributed by atoms with Gasteiger partial charge in [-0.25, -0.2) is 14.6 Å². The second-order valence-electron chi connectivity index (χ2n) is 12.6. The number of thioether (sulfide) groups is 2. The van der Waals surface area contributed by atoms with Crippen molar-refractivity contribution in [2.75, 3.05) is 23.6 Å². The number of amides is 3. The van der Waals surface area contributed by atoms with Crippen molar-refractivity contribution >= 4 is 86.7 Å². The number of thiazole rings is 1. The van der Waals surface area contributed by atoms with Crippen molar-refractivity contribution in [3.63, 3.8) is 0 Å². The molecule has 0 spiro atoms. The highest BCUT2D eigenvalue weighted by Crippen LogP contribution is 2.42. The lowest BCUT2D eigenvalue weighted by atomic mass is 9.98. The molecule has 4 rings (SSSR count). The third-order valence-corrected chi connectivity index (χ3v) is 10.6. The summed E-state index contributed by atoms with van der Waals surface area (Å²) in [6.45, 7) is 13.3. The molecule has 260 valence electrons. The molecule has 2 aliphatic rings. The zero-order chi connectivity index (χ0) is 35.4. The summed E-state index contributed by atoms with van der Waals surface area (Å²) in [6.07, 6.45) is 1.52. The number of nitrogens with one attached hydrogen (secondary N) is 2. The smallest absolute Gasteiger partial charge is 0.413 e. The Labute approximate surface area is 294 Å². The summed E-state index contributed by atoms with van der Waals surface area (Å²) in [6, 6.07) is -0.928. The van der Waals surface area contributed by atoms with Crippen molar-refractivity contribution in [1.29, 1.82) is 0 Å². The van der Waals surface area contributed by atoms with E-state index in [-0.39, 0.29) is 16.4 Å². The fraction of sp³-hybridized carbons (Fsp3) is 0.533. The Morgan fingerprint density at radius 3 is 2.48 bits per heavy atom. The van der Waals surface area contributed by atoms with Gasteiger partial charge in [0.25, 0.3) is 11.8 Å². The molecule has 0 saturated carbocycles. The van der Waals surface area contributed by atoms with E-state index in [1.165, 1.54) is 39.8 Å². The summed E-state index contributed by atoms with van der Waals surface area (Å²) in [5.41, 5.74) is -0.239. The molecule has 18 heteroatoms. The van der Waals surface area contributed by atoms with E-state index in [0.29, 0.717) is 33.5 Å². The zero-order valence-electron chi connectivity index (χ0n) is 27.8. The molecule has 2 aromatic heterocycles. The van der Waals surface area contributed by atoms with Crippen LogP contribution in [-0.2, 0) is 33.4 Å². The van der Waals surface area contributed by atoms with Gasteiger partial charge in [0.15, 0.2) is 9.47 Å². The molecule has 14 nitrogen and oxygen atoms in total. The molecule has 2 aromatic rings. The van der Waals surface area contributed by atoms with E-state index in [1.54, 1.807) is 53.0 Å². The maximum absolute atomic E-state index is 13.6. The summed E-state index contributed by atoms with van der Waals surface area (Å²) < 4.78 is 16.4. The van der Waals surface area contributed by atoms with Crippen LogP contribution in [-0.4, -0.2) is 85.2 Å². The zero-order valence-corrected chi connectivity index (χ0v) is 31.1. The van der Waals surface area contributed by atoms with E-state index < -0.39 is 59.1 Å².